The number of ether oxygens (including phenoxy) is 1. The van der Waals surface area contributed by atoms with E-state index in [0.717, 1.165) is 12.1 Å². The molecule has 3 aromatic rings. The molecule has 0 fully saturated rings. The number of hydrogen-bond acceptors (Lipinski definition) is 8. The number of carbonyl (C=O) groups is 2. The molecular weight excluding hydrogens is 415 g/mol. The quantitative estimate of drug-likeness (QED) is 0.340. The number of halogens is 1. The van der Waals surface area contributed by atoms with Crippen LogP contribution in [0.1, 0.15) is 5.56 Å². The normalized spacial score (nSPS) is 10.5. The molecule has 0 saturated carbocycles. The minimum atomic E-state index is -0.939. The lowest BCUT2D eigenvalue weighted by atomic mass is 10.2. The van der Waals surface area contributed by atoms with Crippen LogP contribution in [0.5, 0.6) is 0 Å². The van der Waals surface area contributed by atoms with Gasteiger partial charge < -0.3 is 14.5 Å². The molecule has 0 unspecified atom stereocenters. The van der Waals surface area contributed by atoms with Crippen molar-refractivity contribution in [3.8, 4) is 11.5 Å². The molecule has 1 N–H and O–H groups in total. The first kappa shape index (κ1) is 21.4. The molecule has 0 aliphatic heterocycles. The SMILES string of the molecule is Cc1ccc(NC(=O)COC(=O)Cn2nc(-c3ccc(F)cc3)oc2=O)cc1[N+](=O)[O-]. The molecule has 160 valence electrons. The fraction of sp³-hybridized carbons (Fsp3) is 0.158. The fourth-order valence-corrected chi connectivity index (χ4v) is 2.51. The van der Waals surface area contributed by atoms with Gasteiger partial charge in [-0.25, -0.2) is 9.18 Å². The Morgan fingerprint density at radius 2 is 1.97 bits per heavy atom. The molecule has 1 amide bonds. The van der Waals surface area contributed by atoms with Gasteiger partial charge in [-0.05, 0) is 37.3 Å². The Kier molecular flexibility index (Phi) is 6.19. The van der Waals surface area contributed by atoms with Crippen molar-refractivity contribution in [1.29, 1.82) is 0 Å². The molecule has 1 heterocycles. The van der Waals surface area contributed by atoms with Crippen molar-refractivity contribution in [2.75, 3.05) is 11.9 Å². The lowest BCUT2D eigenvalue weighted by Gasteiger charge is -2.07. The highest BCUT2D eigenvalue weighted by Crippen LogP contribution is 2.22. The number of nitro benzene ring substituents is 1. The van der Waals surface area contributed by atoms with E-state index in [-0.39, 0.29) is 17.3 Å². The number of hydrogen-bond donors (Lipinski definition) is 1. The van der Waals surface area contributed by atoms with Gasteiger partial charge in [-0.1, -0.05) is 6.07 Å². The number of nitrogens with one attached hydrogen (secondary N) is 1. The maximum Gasteiger partial charge on any atom is 0.437 e. The van der Waals surface area contributed by atoms with E-state index in [9.17, 15) is 28.9 Å². The first-order valence-corrected chi connectivity index (χ1v) is 8.77. The first-order chi connectivity index (χ1) is 14.7. The summed E-state index contributed by atoms with van der Waals surface area (Å²) in [6.07, 6.45) is 0. The highest BCUT2D eigenvalue weighted by atomic mass is 19.1. The van der Waals surface area contributed by atoms with Gasteiger partial charge in [0.1, 0.15) is 12.4 Å². The largest absolute Gasteiger partial charge is 0.454 e. The van der Waals surface area contributed by atoms with Crippen molar-refractivity contribution in [3.63, 3.8) is 0 Å². The van der Waals surface area contributed by atoms with Gasteiger partial charge in [0.2, 0.25) is 5.89 Å². The molecule has 0 aliphatic rings. The van der Waals surface area contributed by atoms with Gasteiger partial charge in [-0.15, -0.1) is 5.10 Å². The predicted octanol–water partition coefficient (Wildman–Crippen LogP) is 2.04. The lowest BCUT2D eigenvalue weighted by molar-refractivity contribution is -0.385. The van der Waals surface area contributed by atoms with Gasteiger partial charge >= 0.3 is 11.7 Å². The molecular formula is C19H15FN4O7. The summed E-state index contributed by atoms with van der Waals surface area (Å²) in [5.74, 6) is -3.20. The van der Waals surface area contributed by atoms with E-state index in [1.54, 1.807) is 6.92 Å². The number of benzene rings is 2. The Labute approximate surface area is 173 Å². The van der Waals surface area contributed by atoms with Gasteiger partial charge in [0, 0.05) is 22.9 Å². The van der Waals surface area contributed by atoms with Crippen molar-refractivity contribution in [2.45, 2.75) is 13.5 Å². The highest BCUT2D eigenvalue weighted by molar-refractivity contribution is 5.93. The summed E-state index contributed by atoms with van der Waals surface area (Å²) >= 11 is 0. The van der Waals surface area contributed by atoms with E-state index in [1.165, 1.54) is 30.3 Å². The summed E-state index contributed by atoms with van der Waals surface area (Å²) in [6.45, 7) is 0.254. The molecule has 0 aliphatic carbocycles. The van der Waals surface area contributed by atoms with Crippen LogP contribution in [0.2, 0.25) is 0 Å². The highest BCUT2D eigenvalue weighted by Gasteiger charge is 2.16. The standard InChI is InChI=1S/C19H15FN4O7/c1-11-2-7-14(8-15(11)24(28)29)21-16(25)10-30-17(26)9-23-19(27)31-18(22-23)12-3-5-13(20)6-4-12/h2-8H,9-10H2,1H3,(H,21,25). The molecule has 0 spiro atoms. The molecule has 0 atom stereocenters. The van der Waals surface area contributed by atoms with Crippen molar-refractivity contribution in [2.24, 2.45) is 0 Å². The summed E-state index contributed by atoms with van der Waals surface area (Å²) in [7, 11) is 0. The second-order valence-electron chi connectivity index (χ2n) is 6.30. The minimum absolute atomic E-state index is 0.114. The second-order valence-corrected chi connectivity index (χ2v) is 6.30. The first-order valence-electron chi connectivity index (χ1n) is 8.77. The summed E-state index contributed by atoms with van der Waals surface area (Å²) < 4.78 is 23.4. The summed E-state index contributed by atoms with van der Waals surface area (Å²) in [4.78, 5) is 46.0. The Morgan fingerprint density at radius 1 is 1.26 bits per heavy atom. The number of amides is 1. The third-order valence-corrected chi connectivity index (χ3v) is 4.03. The number of anilines is 1. The van der Waals surface area contributed by atoms with Crippen LogP contribution in [-0.2, 0) is 20.9 Å². The van der Waals surface area contributed by atoms with Gasteiger partial charge in [0.25, 0.3) is 11.6 Å². The van der Waals surface area contributed by atoms with E-state index in [1.807, 2.05) is 0 Å². The van der Waals surface area contributed by atoms with E-state index >= 15 is 0 Å². The van der Waals surface area contributed by atoms with Crippen LogP contribution in [0.4, 0.5) is 15.8 Å². The van der Waals surface area contributed by atoms with Gasteiger partial charge in [0.15, 0.2) is 6.61 Å². The molecule has 12 heteroatoms. The minimum Gasteiger partial charge on any atom is -0.454 e. The zero-order chi connectivity index (χ0) is 22.5. The number of rotatable bonds is 7. The van der Waals surface area contributed by atoms with Crippen LogP contribution >= 0.6 is 0 Å². The summed E-state index contributed by atoms with van der Waals surface area (Å²) in [5.41, 5.74) is 0.747. The number of nitro groups is 1. The van der Waals surface area contributed by atoms with E-state index in [0.29, 0.717) is 15.8 Å². The van der Waals surface area contributed by atoms with Crippen LogP contribution in [0.25, 0.3) is 11.5 Å². The average Bonchev–Trinajstić information content (AvgIpc) is 3.08. The Bertz CT molecular complexity index is 1200. The van der Waals surface area contributed by atoms with E-state index < -0.39 is 41.5 Å². The van der Waals surface area contributed by atoms with Crippen molar-refractivity contribution in [3.05, 3.63) is 74.5 Å². The van der Waals surface area contributed by atoms with Crippen LogP contribution in [-0.4, -0.2) is 33.2 Å². The molecule has 0 bridgehead atoms. The number of aromatic nitrogens is 2. The summed E-state index contributed by atoms with van der Waals surface area (Å²) in [6, 6.07) is 9.13. The lowest BCUT2D eigenvalue weighted by Crippen LogP contribution is -2.26. The molecule has 31 heavy (non-hydrogen) atoms. The molecule has 0 saturated heterocycles. The third-order valence-electron chi connectivity index (χ3n) is 4.03. The Morgan fingerprint density at radius 3 is 2.65 bits per heavy atom. The number of nitrogens with zero attached hydrogens (tertiary/aromatic N) is 3. The topological polar surface area (TPSA) is 147 Å². The maximum absolute atomic E-state index is 13.0. The molecule has 2 aromatic carbocycles. The molecule has 3 rings (SSSR count). The monoisotopic (exact) mass is 430 g/mol. The Hall–Kier alpha value is -4.35. The van der Waals surface area contributed by atoms with Crippen LogP contribution in [0, 0.1) is 22.9 Å². The van der Waals surface area contributed by atoms with Crippen LogP contribution in [0.15, 0.2) is 51.7 Å². The number of esters is 1. The smallest absolute Gasteiger partial charge is 0.437 e. The zero-order valence-corrected chi connectivity index (χ0v) is 16.0. The van der Waals surface area contributed by atoms with Gasteiger partial charge in [-0.3, -0.25) is 19.7 Å². The van der Waals surface area contributed by atoms with Crippen molar-refractivity contribution in [1.82, 2.24) is 9.78 Å². The number of aryl methyl sites for hydroxylation is 1. The fourth-order valence-electron chi connectivity index (χ4n) is 2.51. The molecule has 0 radical (unpaired) electrons. The third kappa shape index (κ3) is 5.38. The van der Waals surface area contributed by atoms with Crippen molar-refractivity contribution < 1.29 is 28.1 Å². The van der Waals surface area contributed by atoms with Gasteiger partial charge in [0.05, 0.1) is 4.92 Å². The van der Waals surface area contributed by atoms with Gasteiger partial charge in [-0.2, -0.15) is 4.68 Å². The van der Waals surface area contributed by atoms with E-state index in [4.69, 9.17) is 9.15 Å². The van der Waals surface area contributed by atoms with Crippen LogP contribution < -0.4 is 11.1 Å². The van der Waals surface area contributed by atoms with E-state index in [2.05, 4.69) is 10.4 Å². The predicted molar refractivity (Wildman–Crippen MR) is 104 cm³/mol. The average molecular weight is 430 g/mol. The summed E-state index contributed by atoms with van der Waals surface area (Å²) in [5, 5.41) is 17.1. The molecule has 11 nitrogen and oxygen atoms in total. The zero-order valence-electron chi connectivity index (χ0n) is 16.0. The molecule has 1 aromatic heterocycles. The second kappa shape index (κ2) is 8.98. The maximum atomic E-state index is 13.0. The number of carbonyl (C=O) groups excluding carboxylic acids is 2. The Balaban J connectivity index is 1.56. The van der Waals surface area contributed by atoms with Crippen LogP contribution in [0.3, 0.4) is 0 Å². The van der Waals surface area contributed by atoms with Crippen molar-refractivity contribution >= 4 is 23.3 Å².